The lowest BCUT2D eigenvalue weighted by molar-refractivity contribution is 0.0650. The third-order valence-electron chi connectivity index (χ3n) is 3.15. The number of aliphatic hydroxyl groups excluding tert-OH is 2. The van der Waals surface area contributed by atoms with Gasteiger partial charge >= 0.3 is 0 Å². The van der Waals surface area contributed by atoms with E-state index in [9.17, 15) is 15.0 Å². The van der Waals surface area contributed by atoms with Crippen LogP contribution in [-0.4, -0.2) is 42.0 Å². The average molecular weight is 414 g/mol. The molecular formula is C13H17ClINO4. The molecule has 0 aliphatic rings. The monoisotopic (exact) mass is 413 g/mol. The second-order valence-corrected chi connectivity index (χ2v) is 5.94. The van der Waals surface area contributed by atoms with Gasteiger partial charge in [-0.2, -0.15) is 0 Å². The molecule has 1 amide bonds. The Morgan fingerprint density at radius 1 is 1.45 bits per heavy atom. The second kappa shape index (κ2) is 7.44. The van der Waals surface area contributed by atoms with Crippen molar-refractivity contribution in [2.24, 2.45) is 0 Å². The molecule has 0 bridgehead atoms. The zero-order valence-corrected chi connectivity index (χ0v) is 14.2. The van der Waals surface area contributed by atoms with Crippen LogP contribution < -0.4 is 10.1 Å². The predicted molar refractivity (Wildman–Crippen MR) is 85.4 cm³/mol. The van der Waals surface area contributed by atoms with Gasteiger partial charge in [-0.15, -0.1) is 0 Å². The summed E-state index contributed by atoms with van der Waals surface area (Å²) in [5.74, 6) is -0.0673. The molecule has 0 radical (unpaired) electrons. The molecule has 1 rings (SSSR count). The molecule has 0 fully saturated rings. The highest BCUT2D eigenvalue weighted by molar-refractivity contribution is 14.1. The Labute approximate surface area is 136 Å². The van der Waals surface area contributed by atoms with Crippen LogP contribution >= 0.6 is 34.2 Å². The van der Waals surface area contributed by atoms with Crippen LogP contribution in [0.3, 0.4) is 0 Å². The van der Waals surface area contributed by atoms with E-state index in [1.54, 1.807) is 13.0 Å². The lowest BCUT2D eigenvalue weighted by Gasteiger charge is -2.30. The lowest BCUT2D eigenvalue weighted by Crippen LogP contribution is -2.53. The first-order valence-electron chi connectivity index (χ1n) is 6.00. The Balaban J connectivity index is 3.12. The van der Waals surface area contributed by atoms with E-state index in [1.807, 2.05) is 22.6 Å². The van der Waals surface area contributed by atoms with Gasteiger partial charge in [0.25, 0.3) is 5.91 Å². The smallest absolute Gasteiger partial charge is 0.255 e. The zero-order valence-electron chi connectivity index (χ0n) is 11.2. The van der Waals surface area contributed by atoms with Crippen molar-refractivity contribution < 1.29 is 19.7 Å². The van der Waals surface area contributed by atoms with Gasteiger partial charge in [-0.05, 0) is 41.1 Å². The molecule has 0 aliphatic heterocycles. The highest BCUT2D eigenvalue weighted by Gasteiger charge is 2.30. The number of halogens is 2. The summed E-state index contributed by atoms with van der Waals surface area (Å²) in [6.45, 7) is 1.06. The van der Waals surface area contributed by atoms with E-state index in [2.05, 4.69) is 5.32 Å². The van der Waals surface area contributed by atoms with Crippen molar-refractivity contribution in [3.8, 4) is 5.75 Å². The number of methoxy groups -OCH3 is 1. The number of nitrogens with one attached hydrogen (secondary N) is 1. The van der Waals surface area contributed by atoms with Crippen molar-refractivity contribution in [1.29, 1.82) is 0 Å². The number of amides is 1. The van der Waals surface area contributed by atoms with Crippen LogP contribution in [0.4, 0.5) is 0 Å². The number of carbonyl (C=O) groups excluding carboxylic acids is 1. The normalized spacial score (nSPS) is 11.3. The number of ether oxygens (including phenoxy) is 1. The van der Waals surface area contributed by atoms with Crippen LogP contribution in [0, 0.1) is 3.57 Å². The maximum atomic E-state index is 12.3. The maximum absolute atomic E-state index is 12.3. The first-order chi connectivity index (χ1) is 9.42. The maximum Gasteiger partial charge on any atom is 0.255 e. The number of aliphatic hydroxyl groups is 2. The predicted octanol–water partition coefficient (Wildman–Crippen LogP) is 1.82. The third-order valence-corrected chi connectivity index (χ3v) is 4.67. The van der Waals surface area contributed by atoms with Crippen LogP contribution in [0.5, 0.6) is 5.75 Å². The summed E-state index contributed by atoms with van der Waals surface area (Å²) in [7, 11) is 1.46. The molecule has 7 heteroatoms. The van der Waals surface area contributed by atoms with Gasteiger partial charge in [-0.3, -0.25) is 4.79 Å². The summed E-state index contributed by atoms with van der Waals surface area (Å²) in [6, 6.07) is 3.16. The topological polar surface area (TPSA) is 78.8 Å². The molecule has 1 aromatic rings. The molecule has 0 unspecified atom stereocenters. The molecule has 0 saturated carbocycles. The fraction of sp³-hybridized carbons (Fsp3) is 0.462. The number of hydrogen-bond acceptors (Lipinski definition) is 4. The zero-order chi connectivity index (χ0) is 15.3. The molecule has 0 atom stereocenters. The molecule has 20 heavy (non-hydrogen) atoms. The SMILES string of the molecule is CCC(CO)(CO)NC(=O)c1cc(Cl)c(I)cc1OC. The largest absolute Gasteiger partial charge is 0.496 e. The summed E-state index contributed by atoms with van der Waals surface area (Å²) < 4.78 is 5.94. The van der Waals surface area contributed by atoms with Crippen molar-refractivity contribution >= 4 is 40.1 Å². The molecule has 0 heterocycles. The molecular weight excluding hydrogens is 397 g/mol. The van der Waals surface area contributed by atoms with Crippen molar-refractivity contribution in [2.45, 2.75) is 18.9 Å². The summed E-state index contributed by atoms with van der Waals surface area (Å²) in [6.07, 6.45) is 0.395. The average Bonchev–Trinajstić information content (AvgIpc) is 2.47. The molecule has 5 nitrogen and oxygen atoms in total. The van der Waals surface area contributed by atoms with Crippen molar-refractivity contribution in [1.82, 2.24) is 5.32 Å². The lowest BCUT2D eigenvalue weighted by atomic mass is 9.97. The Hall–Kier alpha value is -0.570. The number of hydrogen-bond donors (Lipinski definition) is 3. The molecule has 0 aliphatic carbocycles. The van der Waals surface area contributed by atoms with Crippen molar-refractivity contribution in [2.75, 3.05) is 20.3 Å². The standard InChI is InChI=1S/C13H17ClINO4/c1-3-13(6-17,7-18)16-12(19)8-4-9(14)10(15)5-11(8)20-2/h4-5,17-18H,3,6-7H2,1-2H3,(H,16,19). The molecule has 0 spiro atoms. The van der Waals surface area contributed by atoms with E-state index < -0.39 is 11.4 Å². The number of carbonyl (C=O) groups is 1. The first-order valence-corrected chi connectivity index (χ1v) is 7.46. The van der Waals surface area contributed by atoms with E-state index >= 15 is 0 Å². The van der Waals surface area contributed by atoms with Crippen molar-refractivity contribution in [3.63, 3.8) is 0 Å². The highest BCUT2D eigenvalue weighted by atomic mass is 127. The van der Waals surface area contributed by atoms with Crippen molar-refractivity contribution in [3.05, 3.63) is 26.3 Å². The minimum Gasteiger partial charge on any atom is -0.496 e. The highest BCUT2D eigenvalue weighted by Crippen LogP contribution is 2.28. The van der Waals surface area contributed by atoms with E-state index in [0.717, 1.165) is 3.57 Å². The summed E-state index contributed by atoms with van der Waals surface area (Å²) >= 11 is 8.06. The Morgan fingerprint density at radius 2 is 2.05 bits per heavy atom. The van der Waals surface area contributed by atoms with Crippen LogP contribution in [0.1, 0.15) is 23.7 Å². The Kier molecular flexibility index (Phi) is 6.50. The van der Waals surface area contributed by atoms with Gasteiger partial charge in [-0.25, -0.2) is 0 Å². The molecule has 3 N–H and O–H groups in total. The fourth-order valence-electron chi connectivity index (χ4n) is 1.62. The minimum absolute atomic E-state index is 0.262. The molecule has 0 saturated heterocycles. The Morgan fingerprint density at radius 3 is 2.50 bits per heavy atom. The molecule has 0 aromatic heterocycles. The van der Waals surface area contributed by atoms with E-state index in [4.69, 9.17) is 16.3 Å². The summed E-state index contributed by atoms with van der Waals surface area (Å²) in [5, 5.41) is 21.8. The van der Waals surface area contributed by atoms with Crippen LogP contribution in [-0.2, 0) is 0 Å². The van der Waals surface area contributed by atoms with Gasteiger partial charge in [0.2, 0.25) is 0 Å². The second-order valence-electron chi connectivity index (χ2n) is 4.37. The minimum atomic E-state index is -1.06. The van der Waals surface area contributed by atoms with E-state index in [1.165, 1.54) is 13.2 Å². The van der Waals surface area contributed by atoms with Gasteiger partial charge < -0.3 is 20.3 Å². The third kappa shape index (κ3) is 3.75. The van der Waals surface area contributed by atoms with E-state index in [-0.39, 0.29) is 18.8 Å². The number of benzene rings is 1. The Bertz CT molecular complexity index is 483. The summed E-state index contributed by atoms with van der Waals surface area (Å²) in [5.41, 5.74) is -0.796. The van der Waals surface area contributed by atoms with Crippen LogP contribution in [0.15, 0.2) is 12.1 Å². The first kappa shape index (κ1) is 17.5. The van der Waals surface area contributed by atoms with Crippen LogP contribution in [0.2, 0.25) is 5.02 Å². The molecule has 1 aromatic carbocycles. The molecule has 112 valence electrons. The quantitative estimate of drug-likeness (QED) is 0.622. The van der Waals surface area contributed by atoms with Gasteiger partial charge in [0.1, 0.15) is 5.75 Å². The van der Waals surface area contributed by atoms with Gasteiger partial charge in [-0.1, -0.05) is 18.5 Å². The van der Waals surface area contributed by atoms with Gasteiger partial charge in [0, 0.05) is 3.57 Å². The van der Waals surface area contributed by atoms with Gasteiger partial charge in [0.15, 0.2) is 0 Å². The van der Waals surface area contributed by atoms with Crippen LogP contribution in [0.25, 0.3) is 0 Å². The van der Waals surface area contributed by atoms with Gasteiger partial charge in [0.05, 0.1) is 36.4 Å². The van der Waals surface area contributed by atoms with E-state index in [0.29, 0.717) is 17.2 Å². The number of rotatable bonds is 6. The summed E-state index contributed by atoms with van der Waals surface area (Å²) in [4.78, 5) is 12.3. The fourth-order valence-corrected chi connectivity index (χ4v) is 2.23.